The summed E-state index contributed by atoms with van der Waals surface area (Å²) in [7, 11) is 0. The number of hydrogen-bond donors (Lipinski definition) is 4. The van der Waals surface area contributed by atoms with Crippen LogP contribution in [-0.2, 0) is 16.0 Å². The third kappa shape index (κ3) is 6.76. The number of amides is 1. The Kier molecular flexibility index (Phi) is 6.68. The molecule has 1 amide bonds. The Hall–Kier alpha value is -2.08. The van der Waals surface area contributed by atoms with Crippen LogP contribution in [0.2, 0.25) is 0 Å². The van der Waals surface area contributed by atoms with E-state index in [1.807, 2.05) is 6.92 Å². The quantitative estimate of drug-likeness (QED) is 0.568. The molecule has 6 nitrogen and oxygen atoms in total. The Bertz CT molecular complexity index is 473. The number of carbonyl (C=O) groups excluding carboxylic acids is 1. The number of rotatable bonds is 8. The first-order chi connectivity index (χ1) is 9.88. The maximum atomic E-state index is 11.9. The molecule has 0 bridgehead atoms. The molecule has 0 fully saturated rings. The lowest BCUT2D eigenvalue weighted by Crippen LogP contribution is -2.43. The Balaban J connectivity index is 2.34. The van der Waals surface area contributed by atoms with E-state index < -0.39 is 12.0 Å². The topological polar surface area (TPSA) is 113 Å². The van der Waals surface area contributed by atoms with Crippen LogP contribution in [0, 0.1) is 5.92 Å². The number of hydrogen-bond acceptors (Lipinski definition) is 4. The van der Waals surface area contributed by atoms with E-state index in [-0.39, 0.29) is 24.0 Å². The molecule has 1 rings (SSSR count). The molecule has 0 aliphatic carbocycles. The molecule has 2 atom stereocenters. The van der Waals surface area contributed by atoms with Crippen molar-refractivity contribution in [1.82, 2.24) is 5.32 Å². The van der Waals surface area contributed by atoms with Crippen LogP contribution in [0.1, 0.15) is 25.3 Å². The van der Waals surface area contributed by atoms with Crippen LogP contribution in [0.4, 0.5) is 0 Å². The van der Waals surface area contributed by atoms with Crippen LogP contribution in [-0.4, -0.2) is 34.7 Å². The van der Waals surface area contributed by atoms with E-state index in [0.29, 0.717) is 19.4 Å². The number of aromatic hydroxyl groups is 1. The van der Waals surface area contributed by atoms with Crippen molar-refractivity contribution in [3.05, 3.63) is 29.8 Å². The molecular formula is C15H22N2O4. The van der Waals surface area contributed by atoms with Gasteiger partial charge in [0, 0.05) is 13.0 Å². The van der Waals surface area contributed by atoms with Crippen LogP contribution in [0.3, 0.4) is 0 Å². The van der Waals surface area contributed by atoms with Crippen LogP contribution in [0.5, 0.6) is 5.75 Å². The molecule has 0 aliphatic heterocycles. The van der Waals surface area contributed by atoms with Crippen molar-refractivity contribution in [3.8, 4) is 5.75 Å². The molecule has 0 saturated heterocycles. The molecule has 5 N–H and O–H groups in total. The van der Waals surface area contributed by atoms with Gasteiger partial charge in [0.2, 0.25) is 5.91 Å². The molecule has 116 valence electrons. The Morgan fingerprint density at radius 1 is 1.29 bits per heavy atom. The number of phenolic OH excluding ortho intramolecular Hbond substituents is 1. The van der Waals surface area contributed by atoms with E-state index in [2.05, 4.69) is 5.32 Å². The maximum Gasteiger partial charge on any atom is 0.303 e. The fourth-order valence-electron chi connectivity index (χ4n) is 1.86. The highest BCUT2D eigenvalue weighted by Crippen LogP contribution is 2.11. The van der Waals surface area contributed by atoms with Gasteiger partial charge < -0.3 is 21.3 Å². The third-order valence-electron chi connectivity index (χ3n) is 3.20. The Morgan fingerprint density at radius 3 is 2.48 bits per heavy atom. The lowest BCUT2D eigenvalue weighted by Gasteiger charge is -2.15. The van der Waals surface area contributed by atoms with Crippen molar-refractivity contribution in [1.29, 1.82) is 0 Å². The van der Waals surface area contributed by atoms with Gasteiger partial charge in [-0.2, -0.15) is 0 Å². The van der Waals surface area contributed by atoms with Gasteiger partial charge in [-0.3, -0.25) is 9.59 Å². The molecule has 1 aromatic carbocycles. The summed E-state index contributed by atoms with van der Waals surface area (Å²) in [5.41, 5.74) is 6.70. The van der Waals surface area contributed by atoms with Crippen molar-refractivity contribution in [3.63, 3.8) is 0 Å². The number of carboxylic acid groups (broad SMARTS) is 1. The summed E-state index contributed by atoms with van der Waals surface area (Å²) in [6.07, 6.45) is 0.995. The van der Waals surface area contributed by atoms with Gasteiger partial charge in [-0.05, 0) is 36.5 Å². The first-order valence-corrected chi connectivity index (χ1v) is 6.91. The normalized spacial score (nSPS) is 13.4. The molecule has 0 aliphatic rings. The standard InChI is InChI=1S/C15H22N2O4/c1-10(2-7-14(19)20)9-17-15(21)13(16)8-11-3-5-12(18)6-4-11/h3-6,10,13,18H,2,7-9,16H2,1H3,(H,17,21)(H,19,20)/t10?,13-/m0/s1. The maximum absolute atomic E-state index is 11.9. The van der Waals surface area contributed by atoms with E-state index in [4.69, 9.17) is 10.8 Å². The molecule has 0 radical (unpaired) electrons. The SMILES string of the molecule is CC(CCC(=O)O)CNC(=O)[C@@H](N)Cc1ccc(O)cc1. The van der Waals surface area contributed by atoms with Crippen molar-refractivity contribution in [2.75, 3.05) is 6.54 Å². The number of nitrogens with two attached hydrogens (primary N) is 1. The van der Waals surface area contributed by atoms with Crippen molar-refractivity contribution < 1.29 is 19.8 Å². The van der Waals surface area contributed by atoms with E-state index in [1.165, 1.54) is 0 Å². The fraction of sp³-hybridized carbons (Fsp3) is 0.467. The number of aliphatic carboxylic acids is 1. The molecule has 0 heterocycles. The Labute approximate surface area is 124 Å². The number of carbonyl (C=O) groups is 2. The smallest absolute Gasteiger partial charge is 0.303 e. The molecule has 0 spiro atoms. The summed E-state index contributed by atoms with van der Waals surface area (Å²) >= 11 is 0. The number of benzene rings is 1. The highest BCUT2D eigenvalue weighted by molar-refractivity contribution is 5.81. The van der Waals surface area contributed by atoms with Crippen LogP contribution in [0.25, 0.3) is 0 Å². The van der Waals surface area contributed by atoms with Gasteiger partial charge >= 0.3 is 5.97 Å². The van der Waals surface area contributed by atoms with Gasteiger partial charge in [-0.15, -0.1) is 0 Å². The largest absolute Gasteiger partial charge is 0.508 e. The second-order valence-electron chi connectivity index (χ2n) is 5.26. The molecule has 1 aromatic rings. The second-order valence-corrected chi connectivity index (χ2v) is 5.26. The van der Waals surface area contributed by atoms with Crippen LogP contribution >= 0.6 is 0 Å². The minimum absolute atomic E-state index is 0.0888. The van der Waals surface area contributed by atoms with Crippen molar-refractivity contribution in [2.45, 2.75) is 32.2 Å². The third-order valence-corrected chi connectivity index (χ3v) is 3.20. The van der Waals surface area contributed by atoms with Gasteiger partial charge in [0.1, 0.15) is 5.75 Å². The summed E-state index contributed by atoms with van der Waals surface area (Å²) in [4.78, 5) is 22.3. The molecule has 6 heteroatoms. The van der Waals surface area contributed by atoms with Gasteiger partial charge in [0.25, 0.3) is 0 Å². The minimum Gasteiger partial charge on any atom is -0.508 e. The summed E-state index contributed by atoms with van der Waals surface area (Å²) in [6.45, 7) is 2.30. The average Bonchev–Trinajstić information content (AvgIpc) is 2.44. The van der Waals surface area contributed by atoms with E-state index in [0.717, 1.165) is 5.56 Å². The lowest BCUT2D eigenvalue weighted by molar-refractivity contribution is -0.137. The lowest BCUT2D eigenvalue weighted by atomic mass is 10.0. The predicted octanol–water partition coefficient (Wildman–Crippen LogP) is 0.879. The first-order valence-electron chi connectivity index (χ1n) is 6.91. The second kappa shape index (κ2) is 8.26. The van der Waals surface area contributed by atoms with Gasteiger partial charge in [0.15, 0.2) is 0 Å². The molecule has 1 unspecified atom stereocenters. The van der Waals surface area contributed by atoms with Crippen LogP contribution in [0.15, 0.2) is 24.3 Å². The zero-order valence-corrected chi connectivity index (χ0v) is 12.1. The number of carboxylic acids is 1. The molecule has 21 heavy (non-hydrogen) atoms. The van der Waals surface area contributed by atoms with E-state index in [9.17, 15) is 14.7 Å². The highest BCUT2D eigenvalue weighted by Gasteiger charge is 2.15. The predicted molar refractivity (Wildman–Crippen MR) is 78.8 cm³/mol. The fourth-order valence-corrected chi connectivity index (χ4v) is 1.86. The summed E-state index contributed by atoms with van der Waals surface area (Å²) in [6, 6.07) is 5.87. The monoisotopic (exact) mass is 294 g/mol. The first kappa shape index (κ1) is 17.0. The summed E-state index contributed by atoms with van der Waals surface area (Å²) in [5.74, 6) is -0.836. The molecule has 0 aromatic heterocycles. The van der Waals surface area contributed by atoms with Gasteiger partial charge in [-0.1, -0.05) is 19.1 Å². The van der Waals surface area contributed by atoms with Crippen LogP contribution < -0.4 is 11.1 Å². The highest BCUT2D eigenvalue weighted by atomic mass is 16.4. The zero-order valence-electron chi connectivity index (χ0n) is 12.1. The van der Waals surface area contributed by atoms with E-state index >= 15 is 0 Å². The van der Waals surface area contributed by atoms with Gasteiger partial charge in [0.05, 0.1) is 6.04 Å². The summed E-state index contributed by atoms with van der Waals surface area (Å²) in [5, 5.41) is 20.5. The van der Waals surface area contributed by atoms with E-state index in [1.54, 1.807) is 24.3 Å². The van der Waals surface area contributed by atoms with Gasteiger partial charge in [-0.25, -0.2) is 0 Å². The number of phenols is 1. The number of nitrogens with one attached hydrogen (secondary N) is 1. The van der Waals surface area contributed by atoms with Crippen molar-refractivity contribution in [2.24, 2.45) is 11.7 Å². The summed E-state index contributed by atoms with van der Waals surface area (Å²) < 4.78 is 0. The zero-order chi connectivity index (χ0) is 15.8. The Morgan fingerprint density at radius 2 is 1.90 bits per heavy atom. The average molecular weight is 294 g/mol. The molecular weight excluding hydrogens is 272 g/mol. The van der Waals surface area contributed by atoms with Crippen molar-refractivity contribution >= 4 is 11.9 Å². The molecule has 0 saturated carbocycles. The minimum atomic E-state index is -0.836.